The van der Waals surface area contributed by atoms with Gasteiger partial charge in [0.1, 0.15) is 16.7 Å². The van der Waals surface area contributed by atoms with Crippen molar-refractivity contribution in [1.82, 2.24) is 9.97 Å². The van der Waals surface area contributed by atoms with Crippen LogP contribution in [0.15, 0.2) is 85.2 Å². The van der Waals surface area contributed by atoms with Crippen molar-refractivity contribution in [2.45, 2.75) is 0 Å². The zero-order valence-electron chi connectivity index (χ0n) is 19.6. The lowest BCUT2D eigenvalue weighted by Gasteiger charge is -2.05. The number of ether oxygens (including phenoxy) is 3. The summed E-state index contributed by atoms with van der Waals surface area (Å²) in [6, 6.07) is 19.5. The number of halogens is 3. The molecule has 4 rings (SSSR count). The summed E-state index contributed by atoms with van der Waals surface area (Å²) in [7, 11) is 2.64. The third kappa shape index (κ3) is 10.7. The van der Waals surface area contributed by atoms with Crippen LogP contribution in [-0.4, -0.2) is 41.2 Å². The minimum atomic E-state index is -0.430. The zero-order chi connectivity index (χ0) is 27.2. The molecule has 4 aromatic rings. The van der Waals surface area contributed by atoms with E-state index in [1.165, 1.54) is 32.7 Å². The standard InChI is InChI=1S/C13H10ClNO3.C7H6ClNO2.C6H5ClO/c1-17-13(16)9-2-7-12(15-8-9)18-11-5-3-10(14)4-6-11;1-11-7(10)5-2-3-6(8)9-4-5;7-5-1-3-6(8)4-2-5/h2-8H,1H3;2-4H,1H3;1-4,8H. The topological polar surface area (TPSA) is 108 Å². The third-order valence-electron chi connectivity index (χ3n) is 4.17. The van der Waals surface area contributed by atoms with Crippen molar-refractivity contribution >= 4 is 46.7 Å². The summed E-state index contributed by atoms with van der Waals surface area (Å²) >= 11 is 16.8. The first-order valence-corrected chi connectivity index (χ1v) is 11.5. The van der Waals surface area contributed by atoms with Gasteiger partial charge in [-0.3, -0.25) is 0 Å². The average Bonchev–Trinajstić information content (AvgIpc) is 2.92. The Balaban J connectivity index is 0.000000215. The molecule has 1 N–H and O–H groups in total. The van der Waals surface area contributed by atoms with Crippen LogP contribution < -0.4 is 4.74 Å². The number of rotatable bonds is 4. The number of hydrogen-bond acceptors (Lipinski definition) is 8. The van der Waals surface area contributed by atoms with E-state index < -0.39 is 11.9 Å². The van der Waals surface area contributed by atoms with Gasteiger partial charge in [0, 0.05) is 28.5 Å². The van der Waals surface area contributed by atoms with Crippen molar-refractivity contribution in [2.24, 2.45) is 0 Å². The van der Waals surface area contributed by atoms with Crippen LogP contribution in [0.25, 0.3) is 0 Å². The van der Waals surface area contributed by atoms with Crippen LogP contribution in [0.1, 0.15) is 20.7 Å². The van der Waals surface area contributed by atoms with Crippen molar-refractivity contribution in [3.63, 3.8) is 0 Å². The zero-order valence-corrected chi connectivity index (χ0v) is 21.9. The number of hydrogen-bond donors (Lipinski definition) is 1. The number of phenols is 1. The van der Waals surface area contributed by atoms with Gasteiger partial charge in [-0.1, -0.05) is 34.8 Å². The maximum Gasteiger partial charge on any atom is 0.339 e. The number of pyridine rings is 2. The number of nitrogens with zero attached hydrogens (tertiary/aromatic N) is 2. The number of carbonyl (C=O) groups is 2. The van der Waals surface area contributed by atoms with Gasteiger partial charge < -0.3 is 19.3 Å². The molecule has 0 saturated carbocycles. The maximum absolute atomic E-state index is 11.2. The molecule has 0 atom stereocenters. The minimum absolute atomic E-state index is 0.245. The molecular weight excluding hydrogens is 543 g/mol. The molecule has 2 heterocycles. The summed E-state index contributed by atoms with van der Waals surface area (Å²) in [4.78, 5) is 29.7. The van der Waals surface area contributed by atoms with Crippen LogP contribution in [0.3, 0.4) is 0 Å². The first-order chi connectivity index (χ1) is 17.7. The Morgan fingerprint density at radius 3 is 1.57 bits per heavy atom. The molecule has 2 aromatic carbocycles. The molecule has 37 heavy (non-hydrogen) atoms. The van der Waals surface area contributed by atoms with E-state index >= 15 is 0 Å². The van der Waals surface area contributed by atoms with E-state index in [1.807, 2.05) is 0 Å². The molecule has 0 unspecified atom stereocenters. The van der Waals surface area contributed by atoms with Crippen LogP contribution in [0, 0.1) is 0 Å². The van der Waals surface area contributed by atoms with E-state index in [9.17, 15) is 9.59 Å². The molecule has 0 spiro atoms. The second kappa shape index (κ2) is 15.3. The Morgan fingerprint density at radius 1 is 0.676 bits per heavy atom. The highest BCUT2D eigenvalue weighted by Crippen LogP contribution is 2.21. The summed E-state index contributed by atoms with van der Waals surface area (Å²) < 4.78 is 14.5. The van der Waals surface area contributed by atoms with Crippen LogP contribution in [0.5, 0.6) is 17.4 Å². The van der Waals surface area contributed by atoms with Gasteiger partial charge in [0.15, 0.2) is 0 Å². The van der Waals surface area contributed by atoms with E-state index in [2.05, 4.69) is 19.4 Å². The number of aromatic hydroxyl groups is 1. The van der Waals surface area contributed by atoms with Gasteiger partial charge in [-0.25, -0.2) is 19.6 Å². The van der Waals surface area contributed by atoms with Crippen molar-refractivity contribution in [1.29, 1.82) is 0 Å². The Morgan fingerprint density at radius 2 is 1.16 bits per heavy atom. The third-order valence-corrected chi connectivity index (χ3v) is 4.90. The van der Waals surface area contributed by atoms with E-state index in [1.54, 1.807) is 66.7 Å². The molecule has 0 aliphatic heterocycles. The Kier molecular flexibility index (Phi) is 12.2. The summed E-state index contributed by atoms with van der Waals surface area (Å²) in [5, 5.41) is 10.3. The number of esters is 2. The van der Waals surface area contributed by atoms with E-state index in [0.717, 1.165) is 0 Å². The fraction of sp³-hybridized carbons (Fsp3) is 0.0769. The normalized spacial score (nSPS) is 9.54. The minimum Gasteiger partial charge on any atom is -0.508 e. The molecule has 8 nitrogen and oxygen atoms in total. The second-order valence-electron chi connectivity index (χ2n) is 6.77. The first-order valence-electron chi connectivity index (χ1n) is 10.3. The SMILES string of the molecule is COC(=O)c1ccc(Cl)nc1.COC(=O)c1ccc(Oc2ccc(Cl)cc2)nc1.Oc1ccc(Cl)cc1. The van der Waals surface area contributed by atoms with Gasteiger partial charge in [0.05, 0.1) is 25.3 Å². The fourth-order valence-corrected chi connectivity index (χ4v) is 2.72. The maximum atomic E-state index is 11.2. The van der Waals surface area contributed by atoms with Gasteiger partial charge in [0.25, 0.3) is 0 Å². The van der Waals surface area contributed by atoms with Crippen LogP contribution in [-0.2, 0) is 9.47 Å². The first kappa shape index (κ1) is 29.4. The van der Waals surface area contributed by atoms with Crippen LogP contribution in [0.4, 0.5) is 0 Å². The quantitative estimate of drug-likeness (QED) is 0.211. The van der Waals surface area contributed by atoms with Crippen molar-refractivity contribution in [2.75, 3.05) is 14.2 Å². The highest BCUT2D eigenvalue weighted by atomic mass is 35.5. The largest absolute Gasteiger partial charge is 0.508 e. The molecule has 0 bridgehead atoms. The van der Waals surface area contributed by atoms with Crippen LogP contribution >= 0.6 is 34.8 Å². The number of aromatic nitrogens is 2. The monoisotopic (exact) mass is 562 g/mol. The highest BCUT2D eigenvalue weighted by Gasteiger charge is 2.06. The van der Waals surface area contributed by atoms with Gasteiger partial charge in [-0.15, -0.1) is 0 Å². The molecule has 2 aromatic heterocycles. The average molecular weight is 564 g/mol. The van der Waals surface area contributed by atoms with Crippen molar-refractivity contribution in [3.8, 4) is 17.4 Å². The molecule has 0 saturated heterocycles. The Labute approximate surface area is 228 Å². The Bertz CT molecular complexity index is 1250. The highest BCUT2D eigenvalue weighted by molar-refractivity contribution is 6.31. The molecule has 192 valence electrons. The van der Waals surface area contributed by atoms with E-state index in [-0.39, 0.29) is 5.75 Å². The smallest absolute Gasteiger partial charge is 0.339 e. The summed E-state index contributed by atoms with van der Waals surface area (Å²) in [5.74, 6) is 0.423. The molecule has 0 aliphatic carbocycles. The molecule has 0 fully saturated rings. The van der Waals surface area contributed by atoms with Gasteiger partial charge >= 0.3 is 11.9 Å². The molecule has 0 aliphatic rings. The predicted molar refractivity (Wildman–Crippen MR) is 141 cm³/mol. The number of methoxy groups -OCH3 is 2. The second-order valence-corrected chi connectivity index (χ2v) is 8.03. The number of benzene rings is 2. The van der Waals surface area contributed by atoms with Gasteiger partial charge in [0.2, 0.25) is 5.88 Å². The Hall–Kier alpha value is -3.85. The van der Waals surface area contributed by atoms with Crippen molar-refractivity contribution in [3.05, 3.63) is 112 Å². The lowest BCUT2D eigenvalue weighted by molar-refractivity contribution is 0.0591. The van der Waals surface area contributed by atoms with Gasteiger partial charge in [-0.2, -0.15) is 0 Å². The molecular formula is C26H21Cl3N2O6. The van der Waals surface area contributed by atoms with E-state index in [0.29, 0.717) is 38.0 Å². The number of carbonyl (C=O) groups excluding carboxylic acids is 2. The lowest BCUT2D eigenvalue weighted by atomic mass is 10.3. The molecule has 0 amide bonds. The van der Waals surface area contributed by atoms with Crippen LogP contribution in [0.2, 0.25) is 15.2 Å². The molecule has 11 heteroatoms. The summed E-state index contributed by atoms with van der Waals surface area (Å²) in [6.07, 6.45) is 2.77. The van der Waals surface area contributed by atoms with E-state index in [4.69, 9.17) is 44.6 Å². The number of phenolic OH excluding ortho intramolecular Hbond substituents is 1. The predicted octanol–water partition coefficient (Wildman–Crippen LogP) is 6.88. The van der Waals surface area contributed by atoms with Gasteiger partial charge in [-0.05, 0) is 66.7 Å². The lowest BCUT2D eigenvalue weighted by Crippen LogP contribution is -2.01. The van der Waals surface area contributed by atoms with Crippen molar-refractivity contribution < 1.29 is 28.9 Å². The summed E-state index contributed by atoms with van der Waals surface area (Å²) in [6.45, 7) is 0. The summed E-state index contributed by atoms with van der Waals surface area (Å²) in [5.41, 5.74) is 0.776. The fourth-order valence-electron chi connectivity index (χ4n) is 2.36. The molecule has 0 radical (unpaired) electrons.